The summed E-state index contributed by atoms with van der Waals surface area (Å²) in [6.45, 7) is 3.41. The van der Waals surface area contributed by atoms with Crippen LogP contribution in [0, 0.1) is 12.3 Å². The molecule has 0 aliphatic carbocycles. The lowest BCUT2D eigenvalue weighted by atomic mass is 9.95. The van der Waals surface area contributed by atoms with Gasteiger partial charge in [-0.1, -0.05) is 30.2 Å². The van der Waals surface area contributed by atoms with Crippen LogP contribution in [0.15, 0.2) is 58.8 Å². The number of methoxy groups -OCH3 is 1. The third kappa shape index (κ3) is 7.02. The normalized spacial score (nSPS) is 14.7. The summed E-state index contributed by atoms with van der Waals surface area (Å²) in [5.74, 6) is 2.69. The molecule has 2 aromatic carbocycles. The summed E-state index contributed by atoms with van der Waals surface area (Å²) in [5, 5.41) is 10.4. The van der Waals surface area contributed by atoms with Gasteiger partial charge in [0.1, 0.15) is 12.4 Å². The lowest BCUT2D eigenvalue weighted by Crippen LogP contribution is -2.45. The van der Waals surface area contributed by atoms with Crippen LogP contribution in [-0.2, 0) is 14.3 Å². The topological polar surface area (TPSA) is 120 Å². The Bertz CT molecular complexity index is 1300. The molecule has 1 aliphatic rings. The fourth-order valence-corrected chi connectivity index (χ4v) is 3.94. The minimum atomic E-state index is -0.630. The van der Waals surface area contributed by atoms with Gasteiger partial charge < -0.3 is 29.6 Å². The van der Waals surface area contributed by atoms with Crippen molar-refractivity contribution in [3.05, 3.63) is 64.9 Å². The van der Waals surface area contributed by atoms with E-state index < -0.39 is 17.9 Å². The standard InChI is InChI=1S/C27H28N4O6S/c1-5-14-36-25-18(10-9-13-21(25)34-4)15-28-31-22(32)16-37-20-12-8-7-11-19(20)24-23(26(33)35-6-2)17(3)29-27(38)30-24/h1,7-13,15,24H,6,14,16H2,2-4H3,(H,31,32)(H2,29,30,38)/t24-/m0/s1. The van der Waals surface area contributed by atoms with Crippen molar-refractivity contribution in [3.8, 4) is 29.6 Å². The largest absolute Gasteiger partial charge is 0.493 e. The molecule has 0 unspecified atom stereocenters. The number of hydrogen-bond acceptors (Lipinski definition) is 8. The van der Waals surface area contributed by atoms with Crippen molar-refractivity contribution in [1.82, 2.24) is 16.1 Å². The summed E-state index contributed by atoms with van der Waals surface area (Å²) in [7, 11) is 1.51. The fourth-order valence-electron chi connectivity index (χ4n) is 3.67. The number of para-hydroxylation sites is 2. The van der Waals surface area contributed by atoms with Crippen molar-refractivity contribution in [1.29, 1.82) is 0 Å². The molecule has 0 saturated heterocycles. The third-order valence-corrected chi connectivity index (χ3v) is 5.50. The molecule has 1 heterocycles. The number of carbonyl (C=O) groups excluding carboxylic acids is 2. The van der Waals surface area contributed by atoms with E-state index in [-0.39, 0.29) is 19.8 Å². The molecule has 11 heteroatoms. The average Bonchev–Trinajstić information content (AvgIpc) is 2.90. The molecule has 0 radical (unpaired) electrons. The maximum Gasteiger partial charge on any atom is 0.338 e. The number of ether oxygens (including phenoxy) is 4. The average molecular weight is 537 g/mol. The number of hydrogen-bond donors (Lipinski definition) is 3. The number of esters is 1. The van der Waals surface area contributed by atoms with E-state index in [1.165, 1.54) is 13.3 Å². The lowest BCUT2D eigenvalue weighted by Gasteiger charge is -2.30. The maximum absolute atomic E-state index is 12.7. The molecule has 2 aromatic rings. The Hall–Kier alpha value is -4.56. The van der Waals surface area contributed by atoms with E-state index in [0.29, 0.717) is 44.8 Å². The molecule has 38 heavy (non-hydrogen) atoms. The van der Waals surface area contributed by atoms with Gasteiger partial charge in [0.05, 0.1) is 31.5 Å². The second-order valence-electron chi connectivity index (χ2n) is 7.78. The van der Waals surface area contributed by atoms with Crippen LogP contribution in [-0.4, -0.2) is 50.1 Å². The molecule has 10 nitrogen and oxygen atoms in total. The van der Waals surface area contributed by atoms with Gasteiger partial charge in [0.25, 0.3) is 5.91 Å². The molecule has 1 aliphatic heterocycles. The Morgan fingerprint density at radius 1 is 1.18 bits per heavy atom. The van der Waals surface area contributed by atoms with Gasteiger partial charge in [-0.2, -0.15) is 5.10 Å². The summed E-state index contributed by atoms with van der Waals surface area (Å²) in [6.07, 6.45) is 6.70. The van der Waals surface area contributed by atoms with Crippen LogP contribution >= 0.6 is 12.2 Å². The smallest absolute Gasteiger partial charge is 0.338 e. The predicted molar refractivity (Wildman–Crippen MR) is 146 cm³/mol. The highest BCUT2D eigenvalue weighted by Gasteiger charge is 2.32. The van der Waals surface area contributed by atoms with E-state index >= 15 is 0 Å². The Morgan fingerprint density at radius 2 is 1.95 bits per heavy atom. The summed E-state index contributed by atoms with van der Waals surface area (Å²) in [6, 6.07) is 11.6. The Kier molecular flexibility index (Phi) is 10.1. The molecular weight excluding hydrogens is 508 g/mol. The van der Waals surface area contributed by atoms with Gasteiger partial charge in [0.2, 0.25) is 0 Å². The zero-order valence-electron chi connectivity index (χ0n) is 21.2. The minimum absolute atomic E-state index is 0.0457. The molecule has 1 amide bonds. The second-order valence-corrected chi connectivity index (χ2v) is 8.19. The van der Waals surface area contributed by atoms with Crippen LogP contribution in [0.4, 0.5) is 0 Å². The first kappa shape index (κ1) is 28.0. The molecule has 0 spiro atoms. The molecule has 0 fully saturated rings. The summed E-state index contributed by atoms with van der Waals surface area (Å²) >= 11 is 5.29. The Morgan fingerprint density at radius 3 is 2.68 bits per heavy atom. The van der Waals surface area contributed by atoms with Gasteiger partial charge in [0, 0.05) is 16.8 Å². The number of hydrazone groups is 1. The number of carbonyl (C=O) groups is 2. The van der Waals surface area contributed by atoms with Crippen LogP contribution in [0.2, 0.25) is 0 Å². The van der Waals surface area contributed by atoms with Crippen molar-refractivity contribution in [3.63, 3.8) is 0 Å². The number of nitrogens with zero attached hydrogens (tertiary/aromatic N) is 1. The van der Waals surface area contributed by atoms with E-state index in [1.807, 2.05) is 0 Å². The van der Waals surface area contributed by atoms with Crippen molar-refractivity contribution in [2.24, 2.45) is 5.10 Å². The first-order valence-electron chi connectivity index (χ1n) is 11.6. The highest BCUT2D eigenvalue weighted by atomic mass is 32.1. The van der Waals surface area contributed by atoms with E-state index in [9.17, 15) is 9.59 Å². The Balaban J connectivity index is 1.72. The number of allylic oxidation sites excluding steroid dienone is 1. The summed E-state index contributed by atoms with van der Waals surface area (Å²) in [5.41, 5.74) is 4.53. The molecule has 0 bridgehead atoms. The highest BCUT2D eigenvalue weighted by Crippen LogP contribution is 2.33. The van der Waals surface area contributed by atoms with Crippen molar-refractivity contribution >= 4 is 35.4 Å². The molecule has 1 atom stereocenters. The van der Waals surface area contributed by atoms with Crippen LogP contribution in [0.1, 0.15) is 31.0 Å². The number of benzene rings is 2. The van der Waals surface area contributed by atoms with E-state index in [4.69, 9.17) is 37.6 Å². The third-order valence-electron chi connectivity index (χ3n) is 5.28. The quantitative estimate of drug-likeness (QED) is 0.131. The first-order valence-corrected chi connectivity index (χ1v) is 12.0. The number of thiocarbonyl (C=S) groups is 1. The SMILES string of the molecule is C#CCOc1c(C=NNC(=O)COc2ccccc2[C@@H]2NC(=S)NC(C)=C2C(=O)OCC)cccc1OC. The number of amides is 1. The molecule has 198 valence electrons. The molecule has 0 saturated carbocycles. The number of nitrogens with one attached hydrogen (secondary N) is 3. The molecule has 0 aromatic heterocycles. The van der Waals surface area contributed by atoms with Crippen LogP contribution < -0.4 is 30.3 Å². The van der Waals surface area contributed by atoms with E-state index in [2.05, 4.69) is 27.1 Å². The van der Waals surface area contributed by atoms with E-state index in [1.54, 1.807) is 56.3 Å². The number of terminal acetylenes is 1. The molecule has 3 rings (SSSR count). The van der Waals surface area contributed by atoms with Crippen molar-refractivity contribution < 1.29 is 28.5 Å². The van der Waals surface area contributed by atoms with Crippen LogP contribution in [0.5, 0.6) is 17.2 Å². The predicted octanol–water partition coefficient (Wildman–Crippen LogP) is 2.59. The zero-order chi connectivity index (χ0) is 27.5. The summed E-state index contributed by atoms with van der Waals surface area (Å²) in [4.78, 5) is 25.2. The zero-order valence-corrected chi connectivity index (χ0v) is 22.0. The maximum atomic E-state index is 12.7. The summed E-state index contributed by atoms with van der Waals surface area (Å²) < 4.78 is 21.9. The van der Waals surface area contributed by atoms with Gasteiger partial charge in [-0.05, 0) is 44.3 Å². The molecular formula is C27H28N4O6S. The van der Waals surface area contributed by atoms with Gasteiger partial charge >= 0.3 is 5.97 Å². The van der Waals surface area contributed by atoms with Gasteiger partial charge in [-0.15, -0.1) is 6.42 Å². The van der Waals surface area contributed by atoms with Crippen LogP contribution in [0.25, 0.3) is 0 Å². The fraction of sp³-hybridized carbons (Fsp3) is 0.259. The Labute approximate surface area is 226 Å². The van der Waals surface area contributed by atoms with Crippen molar-refractivity contribution in [2.45, 2.75) is 19.9 Å². The van der Waals surface area contributed by atoms with Gasteiger partial charge in [0.15, 0.2) is 23.2 Å². The van der Waals surface area contributed by atoms with Crippen LogP contribution in [0.3, 0.4) is 0 Å². The van der Waals surface area contributed by atoms with Crippen molar-refractivity contribution in [2.75, 3.05) is 26.9 Å². The van der Waals surface area contributed by atoms with Gasteiger partial charge in [-0.3, -0.25) is 4.79 Å². The number of rotatable bonds is 11. The highest BCUT2D eigenvalue weighted by molar-refractivity contribution is 7.80. The minimum Gasteiger partial charge on any atom is -0.493 e. The van der Waals surface area contributed by atoms with E-state index in [0.717, 1.165) is 0 Å². The monoisotopic (exact) mass is 536 g/mol. The second kappa shape index (κ2) is 13.7. The first-order chi connectivity index (χ1) is 18.4. The lowest BCUT2D eigenvalue weighted by molar-refractivity contribution is -0.139. The molecule has 3 N–H and O–H groups in total. The van der Waals surface area contributed by atoms with Gasteiger partial charge in [-0.25, -0.2) is 10.2 Å².